The first-order valence-electron chi connectivity index (χ1n) is 6.72. The van der Waals surface area contributed by atoms with E-state index >= 15 is 0 Å². The van der Waals surface area contributed by atoms with Crippen LogP contribution in [0.25, 0.3) is 0 Å². The van der Waals surface area contributed by atoms with Crippen LogP contribution in [-0.2, 0) is 10.0 Å². The van der Waals surface area contributed by atoms with Gasteiger partial charge in [0.25, 0.3) is 0 Å². The van der Waals surface area contributed by atoms with Crippen molar-refractivity contribution in [2.45, 2.75) is 10.9 Å². The van der Waals surface area contributed by atoms with Gasteiger partial charge in [0.1, 0.15) is 10.7 Å². The normalized spacial score (nSPS) is 21.8. The van der Waals surface area contributed by atoms with Gasteiger partial charge in [-0.05, 0) is 12.1 Å². The number of nitrogens with one attached hydrogen (secondary N) is 1. The molecule has 3 heterocycles. The van der Waals surface area contributed by atoms with E-state index in [-0.39, 0.29) is 4.90 Å². The summed E-state index contributed by atoms with van der Waals surface area (Å²) in [6, 6.07) is 3.91. The molecule has 3 N–H and O–H groups in total. The van der Waals surface area contributed by atoms with E-state index in [1.807, 2.05) is 0 Å². The second kappa shape index (κ2) is 5.28. The van der Waals surface area contributed by atoms with E-state index in [9.17, 15) is 8.42 Å². The molecular formula is C12H19N5O2S. The molecule has 2 fully saturated rings. The Labute approximate surface area is 118 Å². The standard InChI is InChI=1S/C12H19N5O2S/c13-20(18,19)11-1-2-12(15-9-11)17-5-3-16(4-6-17)10-7-14-8-10/h1-2,9-10,14H,3-8H2,(H2,13,18,19). The molecule has 3 rings (SSSR count). The van der Waals surface area contributed by atoms with Gasteiger partial charge in [-0.15, -0.1) is 0 Å². The highest BCUT2D eigenvalue weighted by molar-refractivity contribution is 7.89. The van der Waals surface area contributed by atoms with Crippen LogP contribution in [0.1, 0.15) is 0 Å². The minimum Gasteiger partial charge on any atom is -0.354 e. The maximum absolute atomic E-state index is 11.2. The number of piperazine rings is 1. The molecule has 20 heavy (non-hydrogen) atoms. The molecule has 2 saturated heterocycles. The van der Waals surface area contributed by atoms with Crippen molar-refractivity contribution in [1.29, 1.82) is 0 Å². The second-order valence-electron chi connectivity index (χ2n) is 5.23. The Morgan fingerprint density at radius 1 is 1.20 bits per heavy atom. The number of pyridine rings is 1. The third-order valence-electron chi connectivity index (χ3n) is 3.96. The molecule has 0 saturated carbocycles. The lowest BCUT2D eigenvalue weighted by Crippen LogP contribution is -2.61. The van der Waals surface area contributed by atoms with Gasteiger partial charge in [0, 0.05) is 51.5 Å². The number of anilines is 1. The van der Waals surface area contributed by atoms with Crippen LogP contribution in [0.2, 0.25) is 0 Å². The lowest BCUT2D eigenvalue weighted by molar-refractivity contribution is 0.137. The van der Waals surface area contributed by atoms with Crippen molar-refractivity contribution in [3.63, 3.8) is 0 Å². The maximum Gasteiger partial charge on any atom is 0.239 e. The molecular weight excluding hydrogens is 278 g/mol. The molecule has 8 heteroatoms. The van der Waals surface area contributed by atoms with Gasteiger partial charge < -0.3 is 10.2 Å². The lowest BCUT2D eigenvalue weighted by Gasteiger charge is -2.43. The van der Waals surface area contributed by atoms with Gasteiger partial charge in [0.15, 0.2) is 0 Å². The summed E-state index contributed by atoms with van der Waals surface area (Å²) < 4.78 is 22.4. The Bertz CT molecular complexity index is 562. The quantitative estimate of drug-likeness (QED) is 0.730. The van der Waals surface area contributed by atoms with Crippen molar-refractivity contribution >= 4 is 15.8 Å². The predicted octanol–water partition coefficient (Wildman–Crippen LogP) is -1.18. The number of hydrogen-bond acceptors (Lipinski definition) is 6. The molecule has 0 aliphatic carbocycles. The van der Waals surface area contributed by atoms with E-state index < -0.39 is 10.0 Å². The summed E-state index contributed by atoms with van der Waals surface area (Å²) in [7, 11) is -3.66. The molecule has 7 nitrogen and oxygen atoms in total. The molecule has 1 aromatic rings. The smallest absolute Gasteiger partial charge is 0.239 e. The predicted molar refractivity (Wildman–Crippen MR) is 76.1 cm³/mol. The third kappa shape index (κ3) is 2.78. The zero-order valence-electron chi connectivity index (χ0n) is 11.2. The summed E-state index contributed by atoms with van der Waals surface area (Å²) in [4.78, 5) is 8.93. The van der Waals surface area contributed by atoms with Gasteiger partial charge in [-0.3, -0.25) is 4.90 Å². The van der Waals surface area contributed by atoms with Crippen molar-refractivity contribution in [2.24, 2.45) is 5.14 Å². The molecule has 0 radical (unpaired) electrons. The highest BCUT2D eigenvalue weighted by Crippen LogP contribution is 2.17. The summed E-state index contributed by atoms with van der Waals surface area (Å²) in [5, 5.41) is 8.35. The molecule has 110 valence electrons. The summed E-state index contributed by atoms with van der Waals surface area (Å²) in [6.07, 6.45) is 1.33. The summed E-state index contributed by atoms with van der Waals surface area (Å²) in [5.74, 6) is 0.809. The van der Waals surface area contributed by atoms with Gasteiger partial charge in [0.05, 0.1) is 0 Å². The fourth-order valence-electron chi connectivity index (χ4n) is 2.58. The van der Waals surface area contributed by atoms with Crippen molar-refractivity contribution in [3.05, 3.63) is 18.3 Å². The van der Waals surface area contributed by atoms with Gasteiger partial charge in [-0.1, -0.05) is 0 Å². The highest BCUT2D eigenvalue weighted by atomic mass is 32.2. The first-order valence-corrected chi connectivity index (χ1v) is 8.27. The monoisotopic (exact) mass is 297 g/mol. The molecule has 0 spiro atoms. The Morgan fingerprint density at radius 2 is 1.90 bits per heavy atom. The summed E-state index contributed by atoms with van der Waals surface area (Å²) in [6.45, 7) is 6.04. The van der Waals surface area contributed by atoms with E-state index in [0.29, 0.717) is 6.04 Å². The SMILES string of the molecule is NS(=O)(=O)c1ccc(N2CCN(C3CNC3)CC2)nc1. The average Bonchev–Trinajstić information content (AvgIpc) is 2.37. The van der Waals surface area contributed by atoms with Crippen molar-refractivity contribution in [2.75, 3.05) is 44.2 Å². The Morgan fingerprint density at radius 3 is 2.35 bits per heavy atom. The van der Waals surface area contributed by atoms with E-state index in [4.69, 9.17) is 5.14 Å². The fourth-order valence-corrected chi connectivity index (χ4v) is 3.03. The first kappa shape index (κ1) is 13.7. The van der Waals surface area contributed by atoms with Crippen LogP contribution in [0.4, 0.5) is 5.82 Å². The van der Waals surface area contributed by atoms with E-state index in [1.165, 1.54) is 12.3 Å². The van der Waals surface area contributed by atoms with Crippen LogP contribution in [-0.4, -0.2) is 63.6 Å². The minimum absolute atomic E-state index is 0.0560. The maximum atomic E-state index is 11.2. The van der Waals surface area contributed by atoms with Crippen LogP contribution in [0.3, 0.4) is 0 Å². The molecule has 0 atom stereocenters. The van der Waals surface area contributed by atoms with E-state index in [1.54, 1.807) is 6.07 Å². The average molecular weight is 297 g/mol. The van der Waals surface area contributed by atoms with Gasteiger partial charge >= 0.3 is 0 Å². The van der Waals surface area contributed by atoms with Crippen molar-refractivity contribution in [3.8, 4) is 0 Å². The van der Waals surface area contributed by atoms with Crippen LogP contribution in [0.5, 0.6) is 0 Å². The fraction of sp³-hybridized carbons (Fsp3) is 0.583. The number of sulfonamides is 1. The number of hydrogen-bond donors (Lipinski definition) is 2. The number of rotatable bonds is 3. The molecule has 0 unspecified atom stereocenters. The zero-order chi connectivity index (χ0) is 14.2. The van der Waals surface area contributed by atoms with Crippen LogP contribution >= 0.6 is 0 Å². The lowest BCUT2D eigenvalue weighted by atomic mass is 10.1. The van der Waals surface area contributed by atoms with Gasteiger partial charge in [-0.2, -0.15) is 0 Å². The van der Waals surface area contributed by atoms with Crippen LogP contribution in [0.15, 0.2) is 23.2 Å². The molecule has 0 bridgehead atoms. The molecule has 0 amide bonds. The third-order valence-corrected chi connectivity index (χ3v) is 4.86. The second-order valence-corrected chi connectivity index (χ2v) is 6.79. The molecule has 2 aliphatic heterocycles. The number of primary sulfonamides is 1. The number of aromatic nitrogens is 1. The molecule has 1 aromatic heterocycles. The molecule has 2 aliphatic rings. The largest absolute Gasteiger partial charge is 0.354 e. The van der Waals surface area contributed by atoms with Crippen molar-refractivity contribution < 1.29 is 8.42 Å². The minimum atomic E-state index is -3.66. The van der Waals surface area contributed by atoms with Crippen LogP contribution < -0.4 is 15.4 Å². The summed E-state index contributed by atoms with van der Waals surface area (Å²) >= 11 is 0. The van der Waals surface area contributed by atoms with E-state index in [2.05, 4.69) is 20.1 Å². The highest BCUT2D eigenvalue weighted by Gasteiger charge is 2.28. The Balaban J connectivity index is 1.63. The number of nitrogens with two attached hydrogens (primary N) is 1. The zero-order valence-corrected chi connectivity index (χ0v) is 12.0. The Hall–Kier alpha value is -1.22. The van der Waals surface area contributed by atoms with E-state index in [0.717, 1.165) is 45.1 Å². The molecule has 0 aromatic carbocycles. The van der Waals surface area contributed by atoms with Gasteiger partial charge in [0.2, 0.25) is 10.0 Å². The number of nitrogens with zero attached hydrogens (tertiary/aromatic N) is 3. The summed E-state index contributed by atoms with van der Waals surface area (Å²) in [5.41, 5.74) is 0. The Kier molecular flexibility index (Phi) is 3.63. The topological polar surface area (TPSA) is 91.6 Å². The van der Waals surface area contributed by atoms with Gasteiger partial charge in [-0.25, -0.2) is 18.5 Å². The van der Waals surface area contributed by atoms with Crippen molar-refractivity contribution in [1.82, 2.24) is 15.2 Å². The van der Waals surface area contributed by atoms with Crippen LogP contribution in [0, 0.1) is 0 Å². The first-order chi connectivity index (χ1) is 9.54.